The molecule has 0 unspecified atom stereocenters. The third-order valence-electron chi connectivity index (χ3n) is 4.82. The highest BCUT2D eigenvalue weighted by molar-refractivity contribution is 5.83. The van der Waals surface area contributed by atoms with Crippen LogP contribution < -0.4 is 10.1 Å². The zero-order valence-electron chi connectivity index (χ0n) is 16.7. The lowest BCUT2D eigenvalue weighted by atomic mass is 10.2. The van der Waals surface area contributed by atoms with Gasteiger partial charge >= 0.3 is 0 Å². The number of anilines is 2. The van der Waals surface area contributed by atoms with E-state index in [1.807, 2.05) is 53.2 Å². The Bertz CT molecular complexity index is 1370. The molecular formula is C24H18FN5O. The number of rotatable bonds is 5. The van der Waals surface area contributed by atoms with Gasteiger partial charge in [0.1, 0.15) is 17.4 Å². The summed E-state index contributed by atoms with van der Waals surface area (Å²) in [7, 11) is 0. The maximum Gasteiger partial charge on any atom is 0.230 e. The number of fused-ring (bicyclic) bond motifs is 1. The van der Waals surface area contributed by atoms with Crippen molar-refractivity contribution in [2.24, 2.45) is 0 Å². The van der Waals surface area contributed by atoms with Crippen LogP contribution in [0.1, 0.15) is 5.56 Å². The van der Waals surface area contributed by atoms with Crippen LogP contribution in [0.15, 0.2) is 85.3 Å². The quantitative estimate of drug-likeness (QED) is 0.396. The molecule has 0 bridgehead atoms. The summed E-state index contributed by atoms with van der Waals surface area (Å²) in [6, 6.07) is 20.1. The van der Waals surface area contributed by atoms with Crippen LogP contribution >= 0.6 is 0 Å². The van der Waals surface area contributed by atoms with Crippen molar-refractivity contribution in [1.29, 1.82) is 0 Å². The van der Waals surface area contributed by atoms with Crippen LogP contribution in [0.25, 0.3) is 16.7 Å². The molecule has 0 fully saturated rings. The summed E-state index contributed by atoms with van der Waals surface area (Å²) in [5, 5.41) is 4.10. The second kappa shape index (κ2) is 7.87. The Hall–Kier alpha value is -4.26. The molecular weight excluding hydrogens is 393 g/mol. The van der Waals surface area contributed by atoms with Crippen molar-refractivity contribution in [2.45, 2.75) is 6.92 Å². The summed E-state index contributed by atoms with van der Waals surface area (Å²) in [5.41, 5.74) is 2.28. The van der Waals surface area contributed by atoms with Gasteiger partial charge in [-0.25, -0.2) is 14.4 Å². The van der Waals surface area contributed by atoms with Gasteiger partial charge in [0.2, 0.25) is 11.8 Å². The van der Waals surface area contributed by atoms with Crippen LogP contribution in [-0.2, 0) is 0 Å². The number of benzene rings is 2. The van der Waals surface area contributed by atoms with Crippen molar-refractivity contribution in [2.75, 3.05) is 5.32 Å². The lowest BCUT2D eigenvalue weighted by Crippen LogP contribution is -1.99. The van der Waals surface area contributed by atoms with E-state index in [0.717, 1.165) is 16.7 Å². The Morgan fingerprint density at radius 2 is 1.87 bits per heavy atom. The van der Waals surface area contributed by atoms with E-state index in [0.29, 0.717) is 28.8 Å². The maximum absolute atomic E-state index is 13.5. The predicted molar refractivity (Wildman–Crippen MR) is 118 cm³/mol. The molecule has 6 nitrogen and oxygen atoms in total. The van der Waals surface area contributed by atoms with Crippen molar-refractivity contribution < 1.29 is 9.13 Å². The summed E-state index contributed by atoms with van der Waals surface area (Å²) >= 11 is 0. The molecule has 5 rings (SSSR count). The summed E-state index contributed by atoms with van der Waals surface area (Å²) in [5.74, 6) is 2.03. The molecule has 0 spiro atoms. The number of pyridine rings is 1. The molecule has 3 heterocycles. The lowest BCUT2D eigenvalue weighted by Gasteiger charge is -2.09. The minimum Gasteiger partial charge on any atom is -0.439 e. The number of hydrogen-bond donors (Lipinski definition) is 1. The molecule has 0 atom stereocenters. The third-order valence-corrected chi connectivity index (χ3v) is 4.82. The fraction of sp³-hybridized carbons (Fsp3) is 0.0417. The number of nitrogens with one attached hydrogen (secondary N) is 1. The highest BCUT2D eigenvalue weighted by Gasteiger charge is 2.08. The highest BCUT2D eigenvalue weighted by atomic mass is 19.1. The molecule has 2 aromatic carbocycles. The maximum atomic E-state index is 13.5. The second-order valence-electron chi connectivity index (χ2n) is 7.00. The second-order valence-corrected chi connectivity index (χ2v) is 7.00. The SMILES string of the molecule is Cc1cc(Nc2nccc(Oc3ccc4c(ccn4-c4ccccn4)c3)n2)ccc1F. The van der Waals surface area contributed by atoms with Gasteiger partial charge in [0.15, 0.2) is 0 Å². The van der Waals surface area contributed by atoms with Crippen molar-refractivity contribution in [3.8, 4) is 17.4 Å². The number of ether oxygens (including phenoxy) is 1. The fourth-order valence-electron chi connectivity index (χ4n) is 3.31. The zero-order valence-corrected chi connectivity index (χ0v) is 16.7. The molecule has 7 heteroatoms. The number of hydrogen-bond acceptors (Lipinski definition) is 5. The Morgan fingerprint density at radius 3 is 2.71 bits per heavy atom. The number of halogens is 1. The molecule has 0 amide bonds. The molecule has 0 radical (unpaired) electrons. The minimum atomic E-state index is -0.254. The van der Waals surface area contributed by atoms with Crippen molar-refractivity contribution in [3.63, 3.8) is 0 Å². The highest BCUT2D eigenvalue weighted by Crippen LogP contribution is 2.27. The largest absolute Gasteiger partial charge is 0.439 e. The minimum absolute atomic E-state index is 0.254. The van der Waals surface area contributed by atoms with E-state index in [1.165, 1.54) is 6.07 Å². The average molecular weight is 411 g/mol. The summed E-state index contributed by atoms with van der Waals surface area (Å²) < 4.78 is 21.4. The van der Waals surface area contributed by atoms with E-state index >= 15 is 0 Å². The van der Waals surface area contributed by atoms with Crippen molar-refractivity contribution in [3.05, 3.63) is 96.7 Å². The standard InChI is InChI=1S/C24H18FN5O/c1-16-14-18(5-7-20(16)25)28-24-27-12-9-23(29-24)31-19-6-8-21-17(15-19)10-13-30(21)22-4-2-3-11-26-22/h2-15H,1H3,(H,27,28,29). The van der Waals surface area contributed by atoms with Crippen LogP contribution in [0.3, 0.4) is 0 Å². The first-order valence-corrected chi connectivity index (χ1v) is 9.72. The van der Waals surface area contributed by atoms with Crippen LogP contribution in [0.2, 0.25) is 0 Å². The number of aromatic nitrogens is 4. The smallest absolute Gasteiger partial charge is 0.230 e. The van der Waals surface area contributed by atoms with E-state index in [1.54, 1.807) is 37.5 Å². The Balaban J connectivity index is 1.37. The molecule has 5 aromatic rings. The molecule has 3 aromatic heterocycles. The monoisotopic (exact) mass is 411 g/mol. The van der Waals surface area contributed by atoms with Crippen LogP contribution in [0.4, 0.5) is 16.0 Å². The van der Waals surface area contributed by atoms with Crippen LogP contribution in [0.5, 0.6) is 11.6 Å². The first kappa shape index (κ1) is 18.7. The van der Waals surface area contributed by atoms with Gasteiger partial charge in [0, 0.05) is 35.7 Å². The van der Waals surface area contributed by atoms with E-state index in [-0.39, 0.29) is 5.82 Å². The molecule has 0 aliphatic heterocycles. The van der Waals surface area contributed by atoms with Crippen LogP contribution in [0, 0.1) is 12.7 Å². The Kier molecular flexibility index (Phi) is 4.76. The lowest BCUT2D eigenvalue weighted by molar-refractivity contribution is 0.463. The summed E-state index contributed by atoms with van der Waals surface area (Å²) in [6.07, 6.45) is 5.36. The molecule has 152 valence electrons. The van der Waals surface area contributed by atoms with Gasteiger partial charge in [0.05, 0.1) is 5.52 Å². The molecule has 31 heavy (non-hydrogen) atoms. The first-order valence-electron chi connectivity index (χ1n) is 9.72. The van der Waals surface area contributed by atoms with Gasteiger partial charge in [-0.05, 0) is 67.1 Å². The average Bonchev–Trinajstić information content (AvgIpc) is 3.20. The van der Waals surface area contributed by atoms with E-state index in [9.17, 15) is 4.39 Å². The van der Waals surface area contributed by atoms with Gasteiger partial charge in [-0.3, -0.25) is 0 Å². The normalized spacial score (nSPS) is 10.9. The van der Waals surface area contributed by atoms with Crippen LogP contribution in [-0.4, -0.2) is 19.5 Å². The van der Waals surface area contributed by atoms with Gasteiger partial charge < -0.3 is 14.6 Å². The van der Waals surface area contributed by atoms with Crippen molar-refractivity contribution >= 4 is 22.5 Å². The summed E-state index contributed by atoms with van der Waals surface area (Å²) in [4.78, 5) is 13.0. The van der Waals surface area contributed by atoms with Gasteiger partial charge in [-0.15, -0.1) is 0 Å². The molecule has 0 aliphatic rings. The van der Waals surface area contributed by atoms with Gasteiger partial charge in [-0.1, -0.05) is 6.07 Å². The summed E-state index contributed by atoms with van der Waals surface area (Å²) in [6.45, 7) is 1.71. The van der Waals surface area contributed by atoms with E-state index in [4.69, 9.17) is 4.74 Å². The van der Waals surface area contributed by atoms with Gasteiger partial charge in [-0.2, -0.15) is 4.98 Å². The van der Waals surface area contributed by atoms with E-state index in [2.05, 4.69) is 20.3 Å². The zero-order chi connectivity index (χ0) is 21.2. The topological polar surface area (TPSA) is 64.9 Å². The number of aryl methyl sites for hydroxylation is 1. The molecule has 0 aliphatic carbocycles. The first-order chi connectivity index (χ1) is 15.2. The molecule has 0 saturated carbocycles. The Labute approximate surface area is 178 Å². The van der Waals surface area contributed by atoms with Crippen molar-refractivity contribution in [1.82, 2.24) is 19.5 Å². The third kappa shape index (κ3) is 3.93. The Morgan fingerprint density at radius 1 is 0.935 bits per heavy atom. The molecule has 1 N–H and O–H groups in total. The van der Waals surface area contributed by atoms with E-state index < -0.39 is 0 Å². The number of nitrogens with zero attached hydrogens (tertiary/aromatic N) is 4. The predicted octanol–water partition coefficient (Wildman–Crippen LogP) is 5.80. The van der Waals surface area contributed by atoms with Gasteiger partial charge in [0.25, 0.3) is 0 Å². The fourth-order valence-corrected chi connectivity index (χ4v) is 3.31. The molecule has 0 saturated heterocycles.